The van der Waals surface area contributed by atoms with E-state index in [-0.39, 0.29) is 5.41 Å². The molecule has 59 heavy (non-hydrogen) atoms. The molecule has 2 aliphatic rings. The van der Waals surface area contributed by atoms with Crippen molar-refractivity contribution < 1.29 is 0 Å². The summed E-state index contributed by atoms with van der Waals surface area (Å²) in [4.78, 5) is 10.7. The average molecular weight is 758 g/mol. The van der Waals surface area contributed by atoms with Crippen molar-refractivity contribution in [3.05, 3.63) is 210 Å². The number of hydrogen-bond donors (Lipinski definition) is 1. The monoisotopic (exact) mass is 757 g/mol. The molecular formula is C54H39N5. The van der Waals surface area contributed by atoms with Crippen LogP contribution < -0.4 is 5.32 Å². The van der Waals surface area contributed by atoms with Crippen LogP contribution in [0.2, 0.25) is 0 Å². The lowest BCUT2D eigenvalue weighted by Gasteiger charge is -2.27. The van der Waals surface area contributed by atoms with E-state index >= 15 is 0 Å². The predicted octanol–water partition coefficient (Wildman–Crippen LogP) is 12.8. The second kappa shape index (κ2) is 12.8. The van der Waals surface area contributed by atoms with E-state index in [2.05, 4.69) is 210 Å². The second-order valence-electron chi connectivity index (χ2n) is 16.3. The largest absolute Gasteiger partial charge is 0.331 e. The molecule has 1 atom stereocenters. The highest BCUT2D eigenvalue weighted by atomic mass is 15.3. The molecule has 3 heterocycles. The van der Waals surface area contributed by atoms with E-state index in [9.17, 15) is 0 Å². The summed E-state index contributed by atoms with van der Waals surface area (Å²) in [7, 11) is 0. The number of para-hydroxylation sites is 2. The third-order valence-corrected chi connectivity index (χ3v) is 12.6. The lowest BCUT2D eigenvalue weighted by atomic mass is 9.82. The maximum absolute atomic E-state index is 5.42. The molecule has 2 aromatic heterocycles. The van der Waals surface area contributed by atoms with Gasteiger partial charge in [-0.25, -0.2) is 9.98 Å². The summed E-state index contributed by atoms with van der Waals surface area (Å²) >= 11 is 0. The van der Waals surface area contributed by atoms with Crippen molar-refractivity contribution in [2.45, 2.75) is 25.6 Å². The Kier molecular flexibility index (Phi) is 7.27. The van der Waals surface area contributed by atoms with Crippen LogP contribution in [0.5, 0.6) is 0 Å². The molecule has 5 nitrogen and oxygen atoms in total. The van der Waals surface area contributed by atoms with E-state index in [1.807, 2.05) is 6.07 Å². The van der Waals surface area contributed by atoms with Crippen molar-refractivity contribution in [1.82, 2.24) is 14.5 Å². The molecule has 0 spiro atoms. The number of nitrogens with zero attached hydrogens (tertiary/aromatic N) is 4. The lowest BCUT2D eigenvalue weighted by molar-refractivity contribution is 0.516. The van der Waals surface area contributed by atoms with Crippen LogP contribution in [0.3, 0.4) is 0 Å². The van der Waals surface area contributed by atoms with Crippen LogP contribution in [0.15, 0.2) is 198 Å². The third-order valence-electron chi connectivity index (χ3n) is 12.6. The van der Waals surface area contributed by atoms with E-state index in [1.54, 1.807) is 0 Å². The fraction of sp³-hybridized carbons (Fsp3) is 0.0741. The number of hydrogen-bond acceptors (Lipinski definition) is 3. The Morgan fingerprint density at radius 2 is 1.05 bits per heavy atom. The molecule has 8 aromatic carbocycles. The molecule has 1 aliphatic heterocycles. The van der Waals surface area contributed by atoms with Gasteiger partial charge in [0.15, 0.2) is 5.84 Å². The number of fused-ring (bicyclic) bond motifs is 9. The van der Waals surface area contributed by atoms with Crippen LogP contribution in [0.25, 0.3) is 71.6 Å². The average Bonchev–Trinajstić information content (AvgIpc) is 3.88. The topological polar surface area (TPSA) is 46.6 Å². The Bertz CT molecular complexity index is 3370. The first-order chi connectivity index (χ1) is 29.0. The highest BCUT2D eigenvalue weighted by Crippen LogP contribution is 2.49. The third kappa shape index (κ3) is 5.11. The quantitative estimate of drug-likeness (QED) is 0.187. The minimum atomic E-state index is -0.473. The lowest BCUT2D eigenvalue weighted by Crippen LogP contribution is -2.36. The Hall–Kier alpha value is -7.50. The highest BCUT2D eigenvalue weighted by molar-refractivity contribution is 6.19. The van der Waals surface area contributed by atoms with Crippen molar-refractivity contribution in [3.8, 4) is 27.9 Å². The van der Waals surface area contributed by atoms with Crippen molar-refractivity contribution in [1.29, 1.82) is 0 Å². The Morgan fingerprint density at radius 3 is 1.83 bits per heavy atom. The van der Waals surface area contributed by atoms with E-state index < -0.39 is 6.29 Å². The first kappa shape index (κ1) is 33.6. The summed E-state index contributed by atoms with van der Waals surface area (Å²) in [5.74, 6) is 1.50. The smallest absolute Gasteiger partial charge is 0.204 e. The Labute approximate surface area is 342 Å². The summed E-state index contributed by atoms with van der Waals surface area (Å²) in [6.45, 7) is 4.65. The number of nitrogens with one attached hydrogen (secondary N) is 1. The molecular weight excluding hydrogens is 719 g/mol. The van der Waals surface area contributed by atoms with Crippen molar-refractivity contribution >= 4 is 55.3 Å². The minimum absolute atomic E-state index is 0.133. The number of aromatic nitrogens is 2. The SMILES string of the molecule is CC1(C)c2ccccc2-c2ccc(C3=NC(c4ccccc4)=NC(n4c5ccccc5c5cc6c7ccccc7n(-c7ccc(-c8ccccc8)cc7)c6cc54)N3)cc21. The summed E-state index contributed by atoms with van der Waals surface area (Å²) in [6, 6.07) is 67.7. The van der Waals surface area contributed by atoms with Gasteiger partial charge in [0.25, 0.3) is 0 Å². The van der Waals surface area contributed by atoms with Gasteiger partial charge in [0.2, 0.25) is 6.29 Å². The molecule has 0 amide bonds. The normalized spacial score (nSPS) is 15.6. The minimum Gasteiger partial charge on any atom is -0.331 e. The summed E-state index contributed by atoms with van der Waals surface area (Å²) in [5, 5.41) is 8.68. The van der Waals surface area contributed by atoms with Crippen LogP contribution >= 0.6 is 0 Å². The van der Waals surface area contributed by atoms with Gasteiger partial charge in [-0.15, -0.1) is 0 Å². The molecule has 5 heteroatoms. The molecule has 0 saturated carbocycles. The molecule has 0 bridgehead atoms. The van der Waals surface area contributed by atoms with Gasteiger partial charge < -0.3 is 14.5 Å². The van der Waals surface area contributed by atoms with E-state index in [0.717, 1.165) is 39.2 Å². The summed E-state index contributed by atoms with van der Waals surface area (Å²) in [6.07, 6.45) is -0.473. The van der Waals surface area contributed by atoms with E-state index in [4.69, 9.17) is 9.98 Å². The van der Waals surface area contributed by atoms with Gasteiger partial charge in [0.1, 0.15) is 5.84 Å². The highest BCUT2D eigenvalue weighted by Gasteiger charge is 2.36. The fourth-order valence-electron chi connectivity index (χ4n) is 9.72. The van der Waals surface area contributed by atoms with Gasteiger partial charge in [-0.2, -0.15) is 0 Å². The maximum atomic E-state index is 5.42. The van der Waals surface area contributed by atoms with Gasteiger partial charge in [-0.1, -0.05) is 159 Å². The molecule has 0 radical (unpaired) electrons. The van der Waals surface area contributed by atoms with Crippen molar-refractivity contribution in [2.24, 2.45) is 9.98 Å². The molecule has 1 N–H and O–H groups in total. The molecule has 12 rings (SSSR count). The van der Waals surface area contributed by atoms with Crippen molar-refractivity contribution in [3.63, 3.8) is 0 Å². The standard InChI is InChI=1S/C54H39N5/c1-54(2)45-22-12-9-19-39(45)40-30-27-37(31-46(40)54)52-55-51(36-17-7-4-8-18-36)56-53(57-52)59-48-24-14-11-21-42(48)44-32-43-41-20-10-13-23-47(41)58(49(43)33-50(44)59)38-28-25-35(26-29-38)34-15-5-3-6-16-34/h3-33,53H,1-2H3,(H,55,56,57). The number of benzene rings is 8. The zero-order chi connectivity index (χ0) is 39.2. The van der Waals surface area contributed by atoms with Crippen LogP contribution in [-0.4, -0.2) is 20.8 Å². The molecule has 1 aliphatic carbocycles. The van der Waals surface area contributed by atoms with Gasteiger partial charge in [0.05, 0.1) is 22.1 Å². The van der Waals surface area contributed by atoms with Gasteiger partial charge in [-0.05, 0) is 75.8 Å². The molecule has 0 fully saturated rings. The Balaban J connectivity index is 1.06. The zero-order valence-electron chi connectivity index (χ0n) is 32.8. The van der Waals surface area contributed by atoms with E-state index in [1.165, 1.54) is 60.4 Å². The number of amidine groups is 2. The van der Waals surface area contributed by atoms with E-state index in [0.29, 0.717) is 5.84 Å². The molecule has 280 valence electrons. The zero-order valence-corrected chi connectivity index (χ0v) is 32.8. The first-order valence-electron chi connectivity index (χ1n) is 20.4. The van der Waals surface area contributed by atoms with Gasteiger partial charge in [-0.3, -0.25) is 0 Å². The maximum Gasteiger partial charge on any atom is 0.204 e. The van der Waals surface area contributed by atoms with Crippen LogP contribution in [0, 0.1) is 0 Å². The first-order valence-corrected chi connectivity index (χ1v) is 20.4. The summed E-state index contributed by atoms with van der Waals surface area (Å²) < 4.78 is 4.78. The number of rotatable bonds is 5. The fourth-order valence-corrected chi connectivity index (χ4v) is 9.72. The van der Waals surface area contributed by atoms with Gasteiger partial charge >= 0.3 is 0 Å². The summed E-state index contributed by atoms with van der Waals surface area (Å²) in [5.41, 5.74) is 15.2. The van der Waals surface area contributed by atoms with Crippen molar-refractivity contribution in [2.75, 3.05) is 0 Å². The number of aliphatic imine (C=N–C) groups is 2. The molecule has 1 unspecified atom stereocenters. The van der Waals surface area contributed by atoms with Gasteiger partial charge in [0, 0.05) is 43.8 Å². The van der Waals surface area contributed by atoms with Crippen LogP contribution in [-0.2, 0) is 5.41 Å². The Morgan fingerprint density at radius 1 is 0.458 bits per heavy atom. The van der Waals surface area contributed by atoms with Crippen LogP contribution in [0.1, 0.15) is 42.4 Å². The second-order valence-corrected chi connectivity index (χ2v) is 16.3. The molecule has 10 aromatic rings. The molecule has 0 saturated heterocycles. The predicted molar refractivity (Wildman–Crippen MR) is 245 cm³/mol. The van der Waals surface area contributed by atoms with Crippen LogP contribution in [0.4, 0.5) is 0 Å².